The summed E-state index contributed by atoms with van der Waals surface area (Å²) in [4.78, 5) is 2.18. The fourth-order valence-electron chi connectivity index (χ4n) is 1.39. The molecular weight excluding hydrogens is 286 g/mol. The minimum absolute atomic E-state index is 0. The fraction of sp³-hybridized carbons (Fsp3) is 0.417. The quantitative estimate of drug-likeness (QED) is 0.802. The van der Waals surface area contributed by atoms with Crippen LogP contribution in [0.5, 0.6) is 0 Å². The normalized spacial score (nSPS) is 10.8. The van der Waals surface area contributed by atoms with Gasteiger partial charge in [-0.3, -0.25) is 0 Å². The van der Waals surface area contributed by atoms with Gasteiger partial charge < -0.3 is 4.90 Å². The second-order valence-corrected chi connectivity index (χ2v) is 5.96. The van der Waals surface area contributed by atoms with Crippen LogP contribution in [0.25, 0.3) is 0 Å². The van der Waals surface area contributed by atoms with E-state index in [9.17, 15) is 8.42 Å². The average Bonchev–Trinajstić information content (AvgIpc) is 2.34. The standard InChI is InChI=1S/C12H17N3O2S.ClH/c1-15(2)9-3-8-14-18(16,17)12-6-4-11(10-13)5-7-12;/h4-7,14H,3,8-9H2,1-2H3;1H. The summed E-state index contributed by atoms with van der Waals surface area (Å²) in [6.45, 7) is 1.23. The molecule has 0 unspecified atom stereocenters. The van der Waals surface area contributed by atoms with Gasteiger partial charge in [0.15, 0.2) is 0 Å². The van der Waals surface area contributed by atoms with Gasteiger partial charge in [0.05, 0.1) is 16.5 Å². The molecule has 0 aromatic heterocycles. The molecule has 0 aliphatic rings. The molecule has 0 bridgehead atoms. The number of halogens is 1. The molecule has 1 aromatic carbocycles. The molecule has 0 aliphatic heterocycles. The molecular formula is C12H18ClN3O2S. The van der Waals surface area contributed by atoms with Gasteiger partial charge in [0.2, 0.25) is 10.0 Å². The third-order valence-electron chi connectivity index (χ3n) is 2.37. The molecule has 106 valence electrons. The minimum atomic E-state index is -3.46. The van der Waals surface area contributed by atoms with E-state index in [1.54, 1.807) is 0 Å². The fourth-order valence-corrected chi connectivity index (χ4v) is 2.47. The number of hydrogen-bond donors (Lipinski definition) is 1. The maximum absolute atomic E-state index is 11.9. The van der Waals surface area contributed by atoms with Crippen LogP contribution in [0.4, 0.5) is 0 Å². The number of nitriles is 1. The highest BCUT2D eigenvalue weighted by atomic mass is 35.5. The van der Waals surface area contributed by atoms with Crippen LogP contribution in [0.3, 0.4) is 0 Å². The van der Waals surface area contributed by atoms with E-state index >= 15 is 0 Å². The molecule has 0 aliphatic carbocycles. The van der Waals surface area contributed by atoms with Crippen molar-refractivity contribution < 1.29 is 8.42 Å². The molecule has 0 saturated carbocycles. The summed E-state index contributed by atoms with van der Waals surface area (Å²) in [5.74, 6) is 0. The van der Waals surface area contributed by atoms with Crippen LogP contribution >= 0.6 is 12.4 Å². The van der Waals surface area contributed by atoms with Gasteiger partial charge in [-0.05, 0) is 51.3 Å². The zero-order chi connectivity index (χ0) is 13.6. The smallest absolute Gasteiger partial charge is 0.240 e. The topological polar surface area (TPSA) is 73.2 Å². The summed E-state index contributed by atoms with van der Waals surface area (Å²) >= 11 is 0. The largest absolute Gasteiger partial charge is 0.309 e. The summed E-state index contributed by atoms with van der Waals surface area (Å²) < 4.78 is 26.3. The van der Waals surface area contributed by atoms with Crippen LogP contribution in [0.1, 0.15) is 12.0 Å². The highest BCUT2D eigenvalue weighted by molar-refractivity contribution is 7.89. The van der Waals surface area contributed by atoms with Crippen molar-refractivity contribution in [2.24, 2.45) is 0 Å². The molecule has 5 nitrogen and oxygen atoms in total. The highest BCUT2D eigenvalue weighted by Crippen LogP contribution is 2.09. The van der Waals surface area contributed by atoms with Gasteiger partial charge in [-0.25, -0.2) is 13.1 Å². The van der Waals surface area contributed by atoms with Gasteiger partial charge in [-0.2, -0.15) is 5.26 Å². The number of hydrogen-bond acceptors (Lipinski definition) is 4. The summed E-state index contributed by atoms with van der Waals surface area (Å²) in [6, 6.07) is 7.81. The predicted molar refractivity (Wildman–Crippen MR) is 76.8 cm³/mol. The van der Waals surface area contributed by atoms with Crippen LogP contribution < -0.4 is 4.72 Å². The van der Waals surface area contributed by atoms with E-state index in [1.807, 2.05) is 25.1 Å². The van der Waals surface area contributed by atoms with Crippen molar-refractivity contribution in [3.8, 4) is 6.07 Å². The number of nitrogens with one attached hydrogen (secondary N) is 1. The Morgan fingerprint density at radius 3 is 2.32 bits per heavy atom. The van der Waals surface area contributed by atoms with Crippen molar-refractivity contribution in [3.05, 3.63) is 29.8 Å². The summed E-state index contributed by atoms with van der Waals surface area (Å²) in [5, 5.41) is 8.64. The highest BCUT2D eigenvalue weighted by Gasteiger charge is 2.12. The monoisotopic (exact) mass is 303 g/mol. The minimum Gasteiger partial charge on any atom is -0.309 e. The first-order valence-corrected chi connectivity index (χ1v) is 7.08. The Bertz CT molecular complexity index is 521. The van der Waals surface area contributed by atoms with Crippen LogP contribution in [-0.4, -0.2) is 40.5 Å². The van der Waals surface area contributed by atoms with Crippen LogP contribution in [-0.2, 0) is 10.0 Å². The average molecular weight is 304 g/mol. The van der Waals surface area contributed by atoms with E-state index in [1.165, 1.54) is 24.3 Å². The zero-order valence-corrected chi connectivity index (χ0v) is 12.6. The first-order valence-electron chi connectivity index (χ1n) is 5.60. The van der Waals surface area contributed by atoms with Crippen molar-refractivity contribution in [1.29, 1.82) is 5.26 Å². The van der Waals surface area contributed by atoms with Gasteiger partial charge in [-0.1, -0.05) is 0 Å². The molecule has 1 aromatic rings. The van der Waals surface area contributed by atoms with E-state index < -0.39 is 10.0 Å². The van der Waals surface area contributed by atoms with E-state index in [0.29, 0.717) is 12.1 Å². The summed E-state index contributed by atoms with van der Waals surface area (Å²) in [5.41, 5.74) is 0.446. The van der Waals surface area contributed by atoms with Crippen LogP contribution in [0, 0.1) is 11.3 Å². The van der Waals surface area contributed by atoms with Crippen molar-refractivity contribution in [2.45, 2.75) is 11.3 Å². The lowest BCUT2D eigenvalue weighted by Crippen LogP contribution is -2.27. The third-order valence-corrected chi connectivity index (χ3v) is 3.84. The lowest BCUT2D eigenvalue weighted by atomic mass is 10.2. The second-order valence-electron chi connectivity index (χ2n) is 4.19. The molecule has 0 fully saturated rings. The summed E-state index contributed by atoms with van der Waals surface area (Å²) in [7, 11) is 0.418. The van der Waals surface area contributed by atoms with Gasteiger partial charge in [0.25, 0.3) is 0 Å². The lowest BCUT2D eigenvalue weighted by Gasteiger charge is -2.10. The van der Waals surface area contributed by atoms with Crippen LogP contribution in [0.2, 0.25) is 0 Å². The Labute approximate surface area is 120 Å². The molecule has 1 N–H and O–H groups in total. The van der Waals surface area contributed by atoms with Gasteiger partial charge >= 0.3 is 0 Å². The molecule has 0 radical (unpaired) electrons. The molecule has 19 heavy (non-hydrogen) atoms. The molecule has 0 heterocycles. The van der Waals surface area contributed by atoms with Crippen molar-refractivity contribution in [2.75, 3.05) is 27.2 Å². The molecule has 7 heteroatoms. The Morgan fingerprint density at radius 1 is 1.26 bits per heavy atom. The Kier molecular flexibility index (Phi) is 7.64. The summed E-state index contributed by atoms with van der Waals surface area (Å²) in [6.07, 6.45) is 0.752. The van der Waals surface area contributed by atoms with Crippen molar-refractivity contribution >= 4 is 22.4 Å². The number of nitrogens with zero attached hydrogens (tertiary/aromatic N) is 2. The van der Waals surface area contributed by atoms with Crippen molar-refractivity contribution in [3.63, 3.8) is 0 Å². The second kappa shape index (κ2) is 8.12. The third kappa shape index (κ3) is 6.03. The molecule has 1 rings (SSSR count). The van der Waals surface area contributed by atoms with Crippen molar-refractivity contribution in [1.82, 2.24) is 9.62 Å². The first-order chi connectivity index (χ1) is 8.45. The number of benzene rings is 1. The number of sulfonamides is 1. The maximum atomic E-state index is 11.9. The van der Waals surface area contributed by atoms with E-state index in [-0.39, 0.29) is 17.3 Å². The predicted octanol–water partition coefficient (Wildman–Crippen LogP) is 1.21. The maximum Gasteiger partial charge on any atom is 0.240 e. The molecule has 0 atom stereocenters. The van der Waals surface area contributed by atoms with Gasteiger partial charge in [-0.15, -0.1) is 12.4 Å². The Hall–Kier alpha value is -1.13. The van der Waals surface area contributed by atoms with E-state index in [4.69, 9.17) is 5.26 Å². The van der Waals surface area contributed by atoms with Gasteiger partial charge in [0.1, 0.15) is 0 Å². The SMILES string of the molecule is CN(C)CCCNS(=O)(=O)c1ccc(C#N)cc1.Cl. The van der Waals surface area contributed by atoms with E-state index in [2.05, 4.69) is 4.72 Å². The molecule has 0 spiro atoms. The Morgan fingerprint density at radius 2 is 1.84 bits per heavy atom. The van der Waals surface area contributed by atoms with Gasteiger partial charge in [0, 0.05) is 6.54 Å². The van der Waals surface area contributed by atoms with E-state index in [0.717, 1.165) is 13.0 Å². The lowest BCUT2D eigenvalue weighted by molar-refractivity contribution is 0.400. The van der Waals surface area contributed by atoms with Crippen LogP contribution in [0.15, 0.2) is 29.2 Å². The first kappa shape index (κ1) is 17.9. The Balaban J connectivity index is 0.00000324. The molecule has 0 saturated heterocycles. The zero-order valence-electron chi connectivity index (χ0n) is 11.0. The number of rotatable bonds is 6. The molecule has 0 amide bonds.